The third-order valence-electron chi connectivity index (χ3n) is 3.66. The Kier molecular flexibility index (Phi) is 4.32. The van der Waals surface area contributed by atoms with Gasteiger partial charge in [0.2, 0.25) is 0 Å². The fraction of sp³-hybridized carbons (Fsp3) is 0.571. The first kappa shape index (κ1) is 12.4. The molecule has 1 saturated carbocycles. The Morgan fingerprint density at radius 1 is 1.12 bits per heavy atom. The molecule has 2 heteroatoms. The van der Waals surface area contributed by atoms with E-state index in [1.54, 1.807) is 0 Å². The van der Waals surface area contributed by atoms with Gasteiger partial charge in [0.1, 0.15) is 0 Å². The number of halogens is 2. The molecule has 0 aliphatic heterocycles. The zero-order valence-corrected chi connectivity index (χ0v) is 12.0. The monoisotopic (exact) mass is 300 g/mol. The van der Waals surface area contributed by atoms with Gasteiger partial charge in [-0.05, 0) is 42.4 Å². The van der Waals surface area contributed by atoms with Gasteiger partial charge >= 0.3 is 0 Å². The lowest BCUT2D eigenvalue weighted by Crippen LogP contribution is -2.16. The summed E-state index contributed by atoms with van der Waals surface area (Å²) in [5.41, 5.74) is 1.27. The van der Waals surface area contributed by atoms with E-state index >= 15 is 0 Å². The van der Waals surface area contributed by atoms with E-state index in [1.807, 2.05) is 0 Å². The van der Waals surface area contributed by atoms with E-state index < -0.39 is 0 Å². The maximum Gasteiger partial charge on any atom is 0.0613 e. The van der Waals surface area contributed by atoms with Crippen LogP contribution in [0, 0.1) is 11.8 Å². The predicted molar refractivity (Wildman–Crippen MR) is 73.9 cm³/mol. The highest BCUT2D eigenvalue weighted by molar-refractivity contribution is 9.10. The second-order valence-electron chi connectivity index (χ2n) is 4.97. The lowest BCUT2D eigenvalue weighted by atomic mass is 9.80. The van der Waals surface area contributed by atoms with Gasteiger partial charge in [-0.1, -0.05) is 47.8 Å². The molecule has 16 heavy (non-hydrogen) atoms. The van der Waals surface area contributed by atoms with E-state index in [2.05, 4.69) is 47.1 Å². The molecule has 1 aliphatic rings. The summed E-state index contributed by atoms with van der Waals surface area (Å²) in [5.74, 6) is 1.56. The molecule has 1 atom stereocenters. The molecular formula is C14H18BrCl. The van der Waals surface area contributed by atoms with E-state index in [0.717, 1.165) is 10.4 Å². The molecule has 0 amide bonds. The Bertz CT molecular complexity index is 325. The van der Waals surface area contributed by atoms with Crippen LogP contribution in [0.25, 0.3) is 0 Å². The Morgan fingerprint density at radius 3 is 2.25 bits per heavy atom. The van der Waals surface area contributed by atoms with Gasteiger partial charge in [0.15, 0.2) is 0 Å². The molecular weight excluding hydrogens is 284 g/mol. The summed E-state index contributed by atoms with van der Waals surface area (Å²) < 4.78 is 1.12. The summed E-state index contributed by atoms with van der Waals surface area (Å²) in [5, 5.41) is 0.195. The Hall–Kier alpha value is -0.0100. The van der Waals surface area contributed by atoms with Crippen LogP contribution in [0.4, 0.5) is 0 Å². The molecule has 1 aromatic carbocycles. The molecule has 1 unspecified atom stereocenters. The third kappa shape index (κ3) is 3.01. The van der Waals surface area contributed by atoms with Gasteiger partial charge in [-0.25, -0.2) is 0 Å². The van der Waals surface area contributed by atoms with Crippen LogP contribution >= 0.6 is 27.5 Å². The smallest absolute Gasteiger partial charge is 0.0613 e. The topological polar surface area (TPSA) is 0 Å². The Labute approximate surface area is 112 Å². The maximum atomic E-state index is 6.57. The van der Waals surface area contributed by atoms with Crippen LogP contribution in [0.3, 0.4) is 0 Å². The van der Waals surface area contributed by atoms with Crippen molar-refractivity contribution in [2.75, 3.05) is 0 Å². The minimum absolute atomic E-state index is 0.195. The van der Waals surface area contributed by atoms with Crippen LogP contribution in [-0.2, 0) is 0 Å². The van der Waals surface area contributed by atoms with Crippen molar-refractivity contribution in [3.63, 3.8) is 0 Å². The van der Waals surface area contributed by atoms with Crippen molar-refractivity contribution in [1.29, 1.82) is 0 Å². The zero-order chi connectivity index (χ0) is 11.5. The molecule has 1 aromatic rings. The molecule has 1 aliphatic carbocycles. The first-order chi connectivity index (χ1) is 7.66. The van der Waals surface area contributed by atoms with Crippen molar-refractivity contribution >= 4 is 27.5 Å². The van der Waals surface area contributed by atoms with Gasteiger partial charge in [0, 0.05) is 4.47 Å². The second kappa shape index (κ2) is 5.55. The minimum Gasteiger partial charge on any atom is -0.118 e. The van der Waals surface area contributed by atoms with Crippen molar-refractivity contribution < 1.29 is 0 Å². The highest BCUT2D eigenvalue weighted by atomic mass is 79.9. The van der Waals surface area contributed by atoms with Crippen molar-refractivity contribution in [3.8, 4) is 0 Å². The number of rotatable bonds is 2. The standard InChI is InChI=1S/C14H18BrCl/c1-10-2-4-11(5-3-10)14(16)12-6-8-13(15)9-7-12/h6-11,14H,2-5H2,1H3. The molecule has 0 bridgehead atoms. The summed E-state index contributed by atoms with van der Waals surface area (Å²) in [6, 6.07) is 8.44. The van der Waals surface area contributed by atoms with Gasteiger partial charge < -0.3 is 0 Å². The van der Waals surface area contributed by atoms with Crippen LogP contribution < -0.4 is 0 Å². The van der Waals surface area contributed by atoms with Gasteiger partial charge in [-0.3, -0.25) is 0 Å². The third-order valence-corrected chi connectivity index (χ3v) is 4.80. The van der Waals surface area contributed by atoms with Crippen molar-refractivity contribution in [2.45, 2.75) is 38.0 Å². The van der Waals surface area contributed by atoms with Crippen molar-refractivity contribution in [2.24, 2.45) is 11.8 Å². The van der Waals surface area contributed by atoms with Crippen LogP contribution in [0.2, 0.25) is 0 Å². The average Bonchev–Trinajstić information content (AvgIpc) is 2.30. The highest BCUT2D eigenvalue weighted by Crippen LogP contribution is 2.40. The summed E-state index contributed by atoms with van der Waals surface area (Å²) in [7, 11) is 0. The van der Waals surface area contributed by atoms with Gasteiger partial charge in [0.25, 0.3) is 0 Å². The van der Waals surface area contributed by atoms with E-state index in [0.29, 0.717) is 5.92 Å². The fourth-order valence-electron chi connectivity index (χ4n) is 2.50. The maximum absolute atomic E-state index is 6.57. The van der Waals surface area contributed by atoms with E-state index in [4.69, 9.17) is 11.6 Å². The minimum atomic E-state index is 0.195. The second-order valence-corrected chi connectivity index (χ2v) is 6.36. The van der Waals surface area contributed by atoms with Crippen LogP contribution in [0.1, 0.15) is 43.5 Å². The van der Waals surface area contributed by atoms with Gasteiger partial charge in [-0.15, -0.1) is 11.6 Å². The molecule has 0 nitrogen and oxygen atoms in total. The number of hydrogen-bond donors (Lipinski definition) is 0. The van der Waals surface area contributed by atoms with Crippen LogP contribution in [-0.4, -0.2) is 0 Å². The average molecular weight is 302 g/mol. The van der Waals surface area contributed by atoms with Crippen molar-refractivity contribution in [1.82, 2.24) is 0 Å². The summed E-state index contributed by atoms with van der Waals surface area (Å²) >= 11 is 10.0. The lowest BCUT2D eigenvalue weighted by Gasteiger charge is -2.29. The quantitative estimate of drug-likeness (QED) is 0.628. The molecule has 1 fully saturated rings. The van der Waals surface area contributed by atoms with E-state index in [9.17, 15) is 0 Å². The largest absolute Gasteiger partial charge is 0.118 e. The van der Waals surface area contributed by atoms with Crippen LogP contribution in [0.15, 0.2) is 28.7 Å². The fourth-order valence-corrected chi connectivity index (χ4v) is 3.16. The molecule has 88 valence electrons. The Morgan fingerprint density at radius 2 is 1.69 bits per heavy atom. The number of hydrogen-bond acceptors (Lipinski definition) is 0. The SMILES string of the molecule is CC1CCC(C(Cl)c2ccc(Br)cc2)CC1. The Balaban J connectivity index is 2.01. The van der Waals surface area contributed by atoms with E-state index in [-0.39, 0.29) is 5.38 Å². The molecule has 0 heterocycles. The molecule has 0 aromatic heterocycles. The first-order valence-corrected chi connectivity index (χ1v) is 7.29. The summed E-state index contributed by atoms with van der Waals surface area (Å²) in [6.45, 7) is 2.35. The highest BCUT2D eigenvalue weighted by Gasteiger charge is 2.25. The van der Waals surface area contributed by atoms with Crippen molar-refractivity contribution in [3.05, 3.63) is 34.3 Å². The normalized spacial score (nSPS) is 27.7. The number of benzene rings is 1. The molecule has 0 radical (unpaired) electrons. The summed E-state index contributed by atoms with van der Waals surface area (Å²) in [4.78, 5) is 0. The molecule has 0 spiro atoms. The van der Waals surface area contributed by atoms with Crippen LogP contribution in [0.5, 0.6) is 0 Å². The van der Waals surface area contributed by atoms with E-state index in [1.165, 1.54) is 31.2 Å². The summed E-state index contributed by atoms with van der Waals surface area (Å²) in [6.07, 6.45) is 5.24. The zero-order valence-electron chi connectivity index (χ0n) is 9.63. The first-order valence-electron chi connectivity index (χ1n) is 6.06. The van der Waals surface area contributed by atoms with Gasteiger partial charge in [0.05, 0.1) is 5.38 Å². The molecule has 2 rings (SSSR count). The molecule has 0 N–H and O–H groups in total. The van der Waals surface area contributed by atoms with Gasteiger partial charge in [-0.2, -0.15) is 0 Å². The number of alkyl halides is 1. The molecule has 0 saturated heterocycles. The lowest BCUT2D eigenvalue weighted by molar-refractivity contribution is 0.283. The predicted octanol–water partition coefficient (Wildman–Crippen LogP) is 5.56.